The van der Waals surface area contributed by atoms with Crippen molar-refractivity contribution in [3.8, 4) is 0 Å². The Morgan fingerprint density at radius 3 is 3.17 bits per heavy atom. The third-order valence-electron chi connectivity index (χ3n) is 3.42. The van der Waals surface area contributed by atoms with Gasteiger partial charge in [-0.05, 0) is 25.5 Å². The van der Waals surface area contributed by atoms with Crippen LogP contribution in [0.3, 0.4) is 0 Å². The standard InChI is InChI=1S/C12H14ClN3OS/c1-7(8-4-5-17-6-8)14-11-9(13)2-3-10-12(11)16-18-15-10/h2-3,7-8,14H,4-6H2,1H3. The Bertz CT molecular complexity index is 553. The van der Waals surface area contributed by atoms with Crippen LogP contribution >= 0.6 is 23.3 Å². The van der Waals surface area contributed by atoms with Crippen LogP contribution in [0, 0.1) is 5.92 Å². The van der Waals surface area contributed by atoms with Gasteiger partial charge in [0.1, 0.15) is 11.0 Å². The van der Waals surface area contributed by atoms with Crippen molar-refractivity contribution in [2.75, 3.05) is 18.5 Å². The number of hydrogen-bond donors (Lipinski definition) is 1. The van der Waals surface area contributed by atoms with E-state index in [1.165, 1.54) is 11.7 Å². The van der Waals surface area contributed by atoms with E-state index in [-0.39, 0.29) is 0 Å². The molecule has 1 aliphatic heterocycles. The SMILES string of the molecule is CC(Nc1c(Cl)ccc2nsnc12)C1CCOC1. The maximum Gasteiger partial charge on any atom is 0.129 e. The average molecular weight is 284 g/mol. The fraction of sp³-hybridized carbons (Fsp3) is 0.500. The van der Waals surface area contributed by atoms with Crippen LogP contribution in [0.4, 0.5) is 5.69 Å². The van der Waals surface area contributed by atoms with Crippen LogP contribution in [0.15, 0.2) is 12.1 Å². The normalized spacial score (nSPS) is 21.3. The van der Waals surface area contributed by atoms with Crippen LogP contribution in [0.5, 0.6) is 0 Å². The largest absolute Gasteiger partial charge is 0.381 e. The van der Waals surface area contributed by atoms with Crippen LogP contribution < -0.4 is 5.32 Å². The number of nitrogens with zero attached hydrogens (tertiary/aromatic N) is 2. The fourth-order valence-electron chi connectivity index (χ4n) is 2.26. The number of fused-ring (bicyclic) bond motifs is 1. The molecule has 4 nitrogen and oxygen atoms in total. The molecule has 1 N–H and O–H groups in total. The summed E-state index contributed by atoms with van der Waals surface area (Å²) in [6.07, 6.45) is 1.09. The maximum absolute atomic E-state index is 6.25. The van der Waals surface area contributed by atoms with Crippen LogP contribution in [0.25, 0.3) is 11.0 Å². The topological polar surface area (TPSA) is 47.0 Å². The van der Waals surface area contributed by atoms with E-state index in [1.807, 2.05) is 12.1 Å². The van der Waals surface area contributed by atoms with E-state index in [1.54, 1.807) is 0 Å². The second-order valence-corrected chi connectivity index (χ2v) is 5.55. The lowest BCUT2D eigenvalue weighted by molar-refractivity contribution is 0.183. The number of rotatable bonds is 3. The molecule has 0 aliphatic carbocycles. The minimum Gasteiger partial charge on any atom is -0.381 e. The molecule has 96 valence electrons. The van der Waals surface area contributed by atoms with Gasteiger partial charge in [0.2, 0.25) is 0 Å². The Kier molecular flexibility index (Phi) is 3.37. The van der Waals surface area contributed by atoms with Gasteiger partial charge < -0.3 is 10.1 Å². The van der Waals surface area contributed by atoms with E-state index in [2.05, 4.69) is 21.0 Å². The van der Waals surface area contributed by atoms with Gasteiger partial charge in [-0.25, -0.2) is 0 Å². The Hall–Kier alpha value is -0.910. The van der Waals surface area contributed by atoms with Crippen molar-refractivity contribution < 1.29 is 4.74 Å². The summed E-state index contributed by atoms with van der Waals surface area (Å²) in [4.78, 5) is 0. The van der Waals surface area contributed by atoms with Gasteiger partial charge in [0.15, 0.2) is 0 Å². The van der Waals surface area contributed by atoms with Gasteiger partial charge in [0.05, 0.1) is 29.0 Å². The number of aromatic nitrogens is 2. The molecular weight excluding hydrogens is 270 g/mol. The summed E-state index contributed by atoms with van der Waals surface area (Å²) in [5.41, 5.74) is 2.64. The van der Waals surface area contributed by atoms with Gasteiger partial charge in [-0.2, -0.15) is 8.75 Å². The lowest BCUT2D eigenvalue weighted by Crippen LogP contribution is -2.26. The van der Waals surface area contributed by atoms with Crippen molar-refractivity contribution in [3.05, 3.63) is 17.2 Å². The number of ether oxygens (including phenoxy) is 1. The molecule has 1 aliphatic rings. The number of nitrogens with one attached hydrogen (secondary N) is 1. The van der Waals surface area contributed by atoms with Crippen molar-refractivity contribution in [2.24, 2.45) is 5.92 Å². The molecule has 1 aromatic heterocycles. The Morgan fingerprint density at radius 1 is 1.50 bits per heavy atom. The summed E-state index contributed by atoms with van der Waals surface area (Å²) in [5, 5.41) is 4.17. The predicted octanol–water partition coefficient (Wildman–Crippen LogP) is 3.18. The summed E-state index contributed by atoms with van der Waals surface area (Å²) in [5.74, 6) is 0.530. The molecule has 0 amide bonds. The lowest BCUT2D eigenvalue weighted by atomic mass is 10.0. The molecule has 1 aromatic carbocycles. The van der Waals surface area contributed by atoms with Gasteiger partial charge in [0.25, 0.3) is 0 Å². The van der Waals surface area contributed by atoms with Crippen molar-refractivity contribution in [1.82, 2.24) is 8.75 Å². The van der Waals surface area contributed by atoms with Crippen LogP contribution in [0.1, 0.15) is 13.3 Å². The molecule has 18 heavy (non-hydrogen) atoms. The van der Waals surface area contributed by atoms with E-state index in [0.717, 1.165) is 36.4 Å². The van der Waals surface area contributed by atoms with Crippen LogP contribution in [0.2, 0.25) is 5.02 Å². The highest BCUT2D eigenvalue weighted by atomic mass is 35.5. The minimum absolute atomic E-state index is 0.317. The molecule has 1 saturated heterocycles. The molecular formula is C12H14ClN3OS. The maximum atomic E-state index is 6.25. The Balaban J connectivity index is 1.88. The lowest BCUT2D eigenvalue weighted by Gasteiger charge is -2.21. The molecule has 0 radical (unpaired) electrons. The summed E-state index contributed by atoms with van der Waals surface area (Å²) in [7, 11) is 0. The summed E-state index contributed by atoms with van der Waals surface area (Å²) < 4.78 is 14.0. The van der Waals surface area contributed by atoms with Crippen LogP contribution in [-0.2, 0) is 4.74 Å². The molecule has 1 fully saturated rings. The van der Waals surface area contributed by atoms with E-state index in [4.69, 9.17) is 16.3 Å². The molecule has 6 heteroatoms. The Morgan fingerprint density at radius 2 is 2.39 bits per heavy atom. The zero-order chi connectivity index (χ0) is 12.5. The van der Waals surface area contributed by atoms with E-state index in [0.29, 0.717) is 17.0 Å². The monoisotopic (exact) mass is 283 g/mol. The molecule has 2 atom stereocenters. The zero-order valence-corrected chi connectivity index (χ0v) is 11.6. The quantitative estimate of drug-likeness (QED) is 0.940. The fourth-order valence-corrected chi connectivity index (χ4v) is 3.01. The molecule has 2 aromatic rings. The molecule has 2 heterocycles. The first-order valence-corrected chi connectivity index (χ1v) is 7.11. The summed E-state index contributed by atoms with van der Waals surface area (Å²) >= 11 is 7.47. The van der Waals surface area contributed by atoms with Crippen molar-refractivity contribution in [1.29, 1.82) is 0 Å². The third kappa shape index (κ3) is 2.18. The molecule has 0 bridgehead atoms. The smallest absolute Gasteiger partial charge is 0.129 e. The summed E-state index contributed by atoms with van der Waals surface area (Å²) in [6, 6.07) is 4.08. The molecule has 0 spiro atoms. The predicted molar refractivity (Wildman–Crippen MR) is 74.4 cm³/mol. The minimum atomic E-state index is 0.317. The second kappa shape index (κ2) is 4.99. The number of halogens is 1. The number of hydrogen-bond acceptors (Lipinski definition) is 5. The van der Waals surface area contributed by atoms with Gasteiger partial charge in [-0.1, -0.05) is 11.6 Å². The van der Waals surface area contributed by atoms with E-state index in [9.17, 15) is 0 Å². The van der Waals surface area contributed by atoms with Crippen molar-refractivity contribution in [2.45, 2.75) is 19.4 Å². The van der Waals surface area contributed by atoms with E-state index < -0.39 is 0 Å². The van der Waals surface area contributed by atoms with Gasteiger partial charge in [-0.15, -0.1) is 0 Å². The van der Waals surface area contributed by atoms with Gasteiger partial charge in [0, 0.05) is 18.6 Å². The van der Waals surface area contributed by atoms with Crippen LogP contribution in [-0.4, -0.2) is 28.0 Å². The molecule has 2 unspecified atom stereocenters. The highest BCUT2D eigenvalue weighted by molar-refractivity contribution is 7.00. The first-order chi connectivity index (χ1) is 8.75. The Labute approximate surface area is 115 Å². The summed E-state index contributed by atoms with van der Waals surface area (Å²) in [6.45, 7) is 3.83. The first kappa shape index (κ1) is 12.1. The second-order valence-electron chi connectivity index (χ2n) is 4.61. The highest BCUT2D eigenvalue weighted by Crippen LogP contribution is 2.32. The molecule has 3 rings (SSSR count). The zero-order valence-electron chi connectivity index (χ0n) is 10.0. The number of anilines is 1. The van der Waals surface area contributed by atoms with Crippen molar-refractivity contribution in [3.63, 3.8) is 0 Å². The van der Waals surface area contributed by atoms with Crippen molar-refractivity contribution >= 4 is 40.0 Å². The van der Waals surface area contributed by atoms with E-state index >= 15 is 0 Å². The molecule has 0 saturated carbocycles. The van der Waals surface area contributed by atoms with Gasteiger partial charge in [-0.3, -0.25) is 0 Å². The average Bonchev–Trinajstić information content (AvgIpc) is 3.02. The van der Waals surface area contributed by atoms with Gasteiger partial charge >= 0.3 is 0 Å². The number of benzene rings is 1. The first-order valence-electron chi connectivity index (χ1n) is 6.01. The highest BCUT2D eigenvalue weighted by Gasteiger charge is 2.23. The third-order valence-corrected chi connectivity index (χ3v) is 4.28.